The predicted octanol–water partition coefficient (Wildman–Crippen LogP) is 7.80. The summed E-state index contributed by atoms with van der Waals surface area (Å²) in [5, 5.41) is 3.30. The molecule has 4 unspecified atom stereocenters. The zero-order valence-electron chi connectivity index (χ0n) is 47.6. The largest absolute Gasteiger partial charge is 0.379 e. The van der Waals surface area contributed by atoms with Gasteiger partial charge in [-0.1, -0.05) is 19.8 Å². The Morgan fingerprint density at radius 3 is 1.28 bits per heavy atom. The third-order valence-electron chi connectivity index (χ3n) is 19.8. The van der Waals surface area contributed by atoms with Gasteiger partial charge in [0.2, 0.25) is 0 Å². The third-order valence-corrected chi connectivity index (χ3v) is 19.8. The Bertz CT molecular complexity index is 1370. The lowest BCUT2D eigenvalue weighted by atomic mass is 9.73. The van der Waals surface area contributed by atoms with Crippen molar-refractivity contribution in [3.8, 4) is 0 Å². The monoisotopic (exact) mass is 974 g/mol. The van der Waals surface area contributed by atoms with E-state index in [0.29, 0.717) is 29.0 Å². The summed E-state index contributed by atoms with van der Waals surface area (Å²) in [5.41, 5.74) is 20.5. The highest BCUT2D eigenvalue weighted by molar-refractivity contribution is 5.02. The van der Waals surface area contributed by atoms with Gasteiger partial charge in [-0.2, -0.15) is 0 Å². The molecule has 8 saturated heterocycles. The third kappa shape index (κ3) is 16.0. The second-order valence-corrected chi connectivity index (χ2v) is 25.9. The van der Waals surface area contributed by atoms with Gasteiger partial charge < -0.3 is 61.2 Å². The van der Waals surface area contributed by atoms with Gasteiger partial charge in [0, 0.05) is 85.4 Å². The summed E-state index contributed by atoms with van der Waals surface area (Å²) in [7, 11) is 2.06. The maximum atomic E-state index is 6.27. The first-order valence-corrected chi connectivity index (χ1v) is 29.1. The molecule has 69 heavy (non-hydrogen) atoms. The van der Waals surface area contributed by atoms with Crippen LogP contribution in [-0.2, 0) is 14.2 Å². The van der Waals surface area contributed by atoms with Gasteiger partial charge in [0.15, 0.2) is 0 Å². The Balaban J connectivity index is 0.000000161. The number of hydrogen-bond acceptors (Lipinski definition) is 12. The van der Waals surface area contributed by atoms with E-state index in [2.05, 4.69) is 120 Å². The van der Waals surface area contributed by atoms with Crippen molar-refractivity contribution in [3.63, 3.8) is 0 Å². The quantitative estimate of drug-likeness (QED) is 0.199. The molecule has 0 aromatic carbocycles. The molecule has 4 atom stereocenters. The standard InChI is InChI=1S/C12H24N2O.C12H23N.2C11H22N2O.C11H24N2/c1-9(2)14-6-4-12(5-7-14)8-15-10(3)11(12)13;1-11(2)13-9-7-12(8-10-13)5-3-4-6-12;1-9(2)13-6-4-11(5-7-13)10(12)3-8-14-11;1-9(2)13-5-3-11(4-6-13)8-14-7-10(11)12;1-10(2)13-7-5-11(3,6-8-13)9-12-4/h9-11H,4-8,13H2,1-3H3;11H,3-10H2,1-2H3;2*9-10H,3-8,12H2,1-2H3;10,12H,5-9H2,1-4H3. The van der Waals surface area contributed by atoms with Crippen LogP contribution in [-0.4, -0.2) is 190 Å². The Morgan fingerprint density at radius 1 is 0.522 bits per heavy atom. The molecule has 9 fully saturated rings. The fraction of sp³-hybridized carbons (Fsp3) is 1.00. The molecule has 12 nitrogen and oxygen atoms in total. The van der Waals surface area contributed by atoms with Gasteiger partial charge in [-0.25, -0.2) is 0 Å². The van der Waals surface area contributed by atoms with Crippen LogP contribution in [0.5, 0.6) is 0 Å². The van der Waals surface area contributed by atoms with Crippen LogP contribution in [0.1, 0.15) is 179 Å². The highest BCUT2D eigenvalue weighted by Crippen LogP contribution is 2.46. The molecule has 406 valence electrons. The topological polar surface area (TPSA) is 134 Å². The lowest BCUT2D eigenvalue weighted by Gasteiger charge is -2.42. The molecule has 8 aliphatic heterocycles. The van der Waals surface area contributed by atoms with E-state index in [1.165, 1.54) is 136 Å². The average Bonchev–Trinajstić information content (AvgIpc) is 4.09. The first-order valence-electron chi connectivity index (χ1n) is 29.1. The van der Waals surface area contributed by atoms with Crippen molar-refractivity contribution >= 4 is 0 Å². The molecule has 1 saturated carbocycles. The Morgan fingerprint density at radius 2 is 0.928 bits per heavy atom. The predicted molar refractivity (Wildman–Crippen MR) is 291 cm³/mol. The summed E-state index contributed by atoms with van der Waals surface area (Å²) in [4.78, 5) is 12.8. The summed E-state index contributed by atoms with van der Waals surface area (Å²) in [6.07, 6.45) is 20.1. The number of rotatable bonds is 7. The first-order chi connectivity index (χ1) is 32.6. The lowest BCUT2D eigenvalue weighted by molar-refractivity contribution is -0.0555. The highest BCUT2D eigenvalue weighted by Gasteiger charge is 2.48. The van der Waals surface area contributed by atoms with Crippen molar-refractivity contribution in [2.75, 3.05) is 105 Å². The number of hydrogen-bond donors (Lipinski definition) is 4. The van der Waals surface area contributed by atoms with Gasteiger partial charge in [0.25, 0.3) is 0 Å². The van der Waals surface area contributed by atoms with E-state index in [-0.39, 0.29) is 35.2 Å². The molecule has 9 rings (SSSR count). The van der Waals surface area contributed by atoms with E-state index in [1.807, 2.05) is 0 Å². The van der Waals surface area contributed by atoms with Gasteiger partial charge in [0.1, 0.15) is 0 Å². The van der Waals surface area contributed by atoms with E-state index >= 15 is 0 Å². The molecule has 9 aliphatic rings. The van der Waals surface area contributed by atoms with Gasteiger partial charge in [-0.05, 0) is 230 Å². The van der Waals surface area contributed by atoms with Crippen LogP contribution in [0.3, 0.4) is 0 Å². The molecular formula is C57H115N9O3. The summed E-state index contributed by atoms with van der Waals surface area (Å²) >= 11 is 0. The van der Waals surface area contributed by atoms with Gasteiger partial charge in [0.05, 0.1) is 31.5 Å². The molecule has 0 aromatic rings. The molecule has 7 N–H and O–H groups in total. The number of nitrogens with one attached hydrogen (secondary N) is 1. The smallest absolute Gasteiger partial charge is 0.0857 e. The summed E-state index contributed by atoms with van der Waals surface area (Å²) in [6.45, 7) is 44.2. The fourth-order valence-corrected chi connectivity index (χ4v) is 13.6. The fourth-order valence-electron chi connectivity index (χ4n) is 13.6. The summed E-state index contributed by atoms with van der Waals surface area (Å²) < 4.78 is 17.1. The minimum Gasteiger partial charge on any atom is -0.379 e. The van der Waals surface area contributed by atoms with Crippen LogP contribution in [0.15, 0.2) is 0 Å². The highest BCUT2D eigenvalue weighted by atomic mass is 16.5. The summed E-state index contributed by atoms with van der Waals surface area (Å²) in [6, 6.07) is 4.27. The second-order valence-electron chi connectivity index (χ2n) is 25.9. The van der Waals surface area contributed by atoms with E-state index in [1.54, 1.807) is 0 Å². The zero-order valence-corrected chi connectivity index (χ0v) is 47.6. The average molecular weight is 975 g/mol. The van der Waals surface area contributed by atoms with Crippen LogP contribution in [0.4, 0.5) is 0 Å². The Labute approximate surface area is 426 Å². The second kappa shape index (κ2) is 26.8. The Hall–Kier alpha value is -0.480. The van der Waals surface area contributed by atoms with Crippen molar-refractivity contribution < 1.29 is 14.2 Å². The van der Waals surface area contributed by atoms with Crippen molar-refractivity contribution in [3.05, 3.63) is 0 Å². The van der Waals surface area contributed by atoms with Crippen LogP contribution < -0.4 is 22.5 Å². The van der Waals surface area contributed by atoms with Crippen LogP contribution in [0.25, 0.3) is 0 Å². The van der Waals surface area contributed by atoms with Crippen LogP contribution in [0.2, 0.25) is 0 Å². The molecule has 8 heterocycles. The first kappa shape index (κ1) is 59.4. The number of ether oxygens (including phenoxy) is 3. The molecule has 0 aromatic heterocycles. The van der Waals surface area contributed by atoms with E-state index < -0.39 is 0 Å². The minimum absolute atomic E-state index is 0.0331. The van der Waals surface area contributed by atoms with E-state index in [0.717, 1.165) is 76.3 Å². The van der Waals surface area contributed by atoms with Crippen LogP contribution in [0, 0.1) is 21.7 Å². The van der Waals surface area contributed by atoms with E-state index in [9.17, 15) is 0 Å². The molecule has 0 radical (unpaired) electrons. The normalized spacial score (nSPS) is 31.3. The number of likely N-dealkylation sites (tertiary alicyclic amines) is 5. The molecule has 1 aliphatic carbocycles. The van der Waals surface area contributed by atoms with Crippen molar-refractivity contribution in [1.82, 2.24) is 29.8 Å². The molecule has 0 bridgehead atoms. The minimum atomic E-state index is 0.0331. The van der Waals surface area contributed by atoms with E-state index in [4.69, 9.17) is 31.4 Å². The zero-order chi connectivity index (χ0) is 50.6. The number of nitrogens with two attached hydrogens (primary N) is 3. The number of piperidine rings is 5. The van der Waals surface area contributed by atoms with Gasteiger partial charge in [-0.15, -0.1) is 0 Å². The lowest BCUT2D eigenvalue weighted by Crippen LogP contribution is -2.53. The van der Waals surface area contributed by atoms with Crippen molar-refractivity contribution in [2.45, 2.75) is 239 Å². The molecule has 12 heteroatoms. The van der Waals surface area contributed by atoms with Gasteiger partial charge in [-0.3, -0.25) is 0 Å². The van der Waals surface area contributed by atoms with Crippen molar-refractivity contribution in [1.29, 1.82) is 0 Å². The molecular weight excluding hydrogens is 859 g/mol. The Kier molecular flexibility index (Phi) is 23.1. The molecule has 4 spiro atoms. The van der Waals surface area contributed by atoms with Crippen LogP contribution >= 0.6 is 0 Å². The molecule has 0 amide bonds. The number of nitrogens with zero attached hydrogens (tertiary/aromatic N) is 5. The van der Waals surface area contributed by atoms with Crippen molar-refractivity contribution in [2.24, 2.45) is 38.9 Å². The summed E-state index contributed by atoms with van der Waals surface area (Å²) in [5.74, 6) is 0. The maximum absolute atomic E-state index is 6.27. The van der Waals surface area contributed by atoms with Gasteiger partial charge >= 0.3 is 0 Å². The maximum Gasteiger partial charge on any atom is 0.0857 e. The SMILES string of the molecule is CC(C)N1CCC2(CC1)COCC2N.CC(C)N1CCC2(CC1)OCCC2N.CC(C)N1CCC2(CCCC2)CC1.CC1OCC2(CCN(C(C)C)CC2)C1N.CNCC1(C)CCN(C(C)C)CC1.